The zero-order valence-corrected chi connectivity index (χ0v) is 3.35. The molecule has 0 amide bonds. The number of hydrogen-bond donors (Lipinski definition) is 1. The summed E-state index contributed by atoms with van der Waals surface area (Å²) in [7, 11) is 0. The van der Waals surface area contributed by atoms with E-state index in [1.54, 1.807) is 0 Å². The molecule has 34 valence electrons. The maximum atomic E-state index is 7.67. The summed E-state index contributed by atoms with van der Waals surface area (Å²) in [6.45, 7) is 0.740. The van der Waals surface area contributed by atoms with Crippen molar-refractivity contribution >= 4 is 0 Å². The molecule has 0 aliphatic heterocycles. The second-order valence-corrected chi connectivity index (χ2v) is 0.728. The highest BCUT2D eigenvalue weighted by molar-refractivity contribution is 4.46. The van der Waals surface area contributed by atoms with Gasteiger partial charge in [-0.3, -0.25) is 0 Å². The molecule has 0 bridgehead atoms. The van der Waals surface area contributed by atoms with Crippen LogP contribution in [0.4, 0.5) is 0 Å². The van der Waals surface area contributed by atoms with Crippen LogP contribution in [0.2, 0.25) is 0 Å². The van der Waals surface area contributed by atoms with Crippen LogP contribution >= 0.6 is 0 Å². The lowest BCUT2D eigenvalue weighted by Crippen LogP contribution is -2.05. The first-order chi connectivity index (χ1) is 2.91. The second kappa shape index (κ2) is 4.25. The van der Waals surface area contributed by atoms with Gasteiger partial charge < -0.3 is 10.5 Å². The second-order valence-electron chi connectivity index (χ2n) is 0.728. The Bertz CT molecular complexity index is 56.3. The highest BCUT2D eigenvalue weighted by Crippen LogP contribution is 1.59. The smallest absolute Gasteiger partial charge is 0.286 e. The Labute approximate surface area is 36.3 Å². The molecule has 0 aromatic carbocycles. The number of nitriles is 1. The molecule has 0 aliphatic carbocycles. The lowest BCUT2D eigenvalue weighted by atomic mass is 10.7. The predicted octanol–water partition coefficient (Wildman–Crippen LogP) is -0.557. The van der Waals surface area contributed by atoms with Crippen LogP contribution in [0.3, 0.4) is 0 Å². The van der Waals surface area contributed by atoms with Crippen LogP contribution < -0.4 is 5.73 Å². The van der Waals surface area contributed by atoms with Crippen LogP contribution in [0, 0.1) is 11.5 Å². The summed E-state index contributed by atoms with van der Waals surface area (Å²) < 4.78 is 4.16. The standard InChI is InChI=1S/C3H6N2O/c4-1-2-6-3-5/h1-2,4H2. The van der Waals surface area contributed by atoms with E-state index in [0.29, 0.717) is 13.2 Å². The first-order valence-corrected chi connectivity index (χ1v) is 1.62. The van der Waals surface area contributed by atoms with Crippen molar-refractivity contribution in [3.63, 3.8) is 0 Å². The number of rotatable bonds is 2. The Morgan fingerprint density at radius 3 is 2.67 bits per heavy atom. The minimum atomic E-state index is 0.330. The molecule has 0 radical (unpaired) electrons. The normalized spacial score (nSPS) is 6.67. The Hall–Kier alpha value is -0.750. The first kappa shape index (κ1) is 5.25. The van der Waals surface area contributed by atoms with Gasteiger partial charge in [0.25, 0.3) is 6.26 Å². The van der Waals surface area contributed by atoms with E-state index in [4.69, 9.17) is 11.0 Å². The average molecular weight is 86.1 g/mol. The van der Waals surface area contributed by atoms with Gasteiger partial charge in [0.05, 0.1) is 0 Å². The van der Waals surface area contributed by atoms with E-state index >= 15 is 0 Å². The number of nitrogens with two attached hydrogens (primary N) is 1. The topological polar surface area (TPSA) is 59.0 Å². The molecule has 0 fully saturated rings. The summed E-state index contributed by atoms with van der Waals surface area (Å²) in [6, 6.07) is 0. The molecule has 0 heterocycles. The van der Waals surface area contributed by atoms with E-state index in [1.807, 2.05) is 0 Å². The van der Waals surface area contributed by atoms with Crippen LogP contribution in [0.15, 0.2) is 0 Å². The van der Waals surface area contributed by atoms with Crippen molar-refractivity contribution in [2.45, 2.75) is 0 Å². The van der Waals surface area contributed by atoms with Crippen molar-refractivity contribution in [2.75, 3.05) is 13.2 Å². The van der Waals surface area contributed by atoms with Crippen LogP contribution in [0.5, 0.6) is 0 Å². The van der Waals surface area contributed by atoms with E-state index in [1.165, 1.54) is 6.26 Å². The van der Waals surface area contributed by atoms with Crippen molar-refractivity contribution in [2.24, 2.45) is 5.73 Å². The van der Waals surface area contributed by atoms with Gasteiger partial charge in [0.2, 0.25) is 0 Å². The number of ether oxygens (including phenoxy) is 1. The van der Waals surface area contributed by atoms with Crippen molar-refractivity contribution in [3.05, 3.63) is 0 Å². The van der Waals surface area contributed by atoms with Gasteiger partial charge in [-0.05, 0) is 0 Å². The summed E-state index contributed by atoms with van der Waals surface area (Å²) in [5.74, 6) is 0. The summed E-state index contributed by atoms with van der Waals surface area (Å²) >= 11 is 0. The van der Waals surface area contributed by atoms with Crippen LogP contribution in [0.25, 0.3) is 0 Å². The van der Waals surface area contributed by atoms with Gasteiger partial charge in [-0.2, -0.15) is 5.26 Å². The van der Waals surface area contributed by atoms with Crippen molar-refractivity contribution in [3.8, 4) is 6.26 Å². The molecule has 0 aliphatic rings. The average Bonchev–Trinajstić information content (AvgIpc) is 1.61. The van der Waals surface area contributed by atoms with E-state index < -0.39 is 0 Å². The van der Waals surface area contributed by atoms with Gasteiger partial charge in [0.15, 0.2) is 0 Å². The molecule has 0 unspecified atom stereocenters. The molecule has 0 saturated heterocycles. The van der Waals surface area contributed by atoms with E-state index in [-0.39, 0.29) is 0 Å². The SMILES string of the molecule is N#COCCN. The predicted molar refractivity (Wildman–Crippen MR) is 20.6 cm³/mol. The molecule has 0 aromatic heterocycles. The van der Waals surface area contributed by atoms with Gasteiger partial charge in [-0.15, -0.1) is 0 Å². The fourth-order valence-corrected chi connectivity index (χ4v) is 0.105. The van der Waals surface area contributed by atoms with Gasteiger partial charge in [0, 0.05) is 6.54 Å². The zero-order valence-electron chi connectivity index (χ0n) is 3.35. The minimum Gasteiger partial charge on any atom is -0.426 e. The summed E-state index contributed by atoms with van der Waals surface area (Å²) in [4.78, 5) is 0. The monoisotopic (exact) mass is 86.0 g/mol. The third-order valence-electron chi connectivity index (χ3n) is 0.284. The lowest BCUT2D eigenvalue weighted by Gasteiger charge is -1.84. The molecule has 0 aromatic rings. The molecule has 0 rings (SSSR count). The molecular weight excluding hydrogens is 80.0 g/mol. The van der Waals surface area contributed by atoms with Gasteiger partial charge >= 0.3 is 0 Å². The van der Waals surface area contributed by atoms with Gasteiger partial charge in [0.1, 0.15) is 6.61 Å². The van der Waals surface area contributed by atoms with Gasteiger partial charge in [-0.1, -0.05) is 0 Å². The van der Waals surface area contributed by atoms with Crippen molar-refractivity contribution in [1.29, 1.82) is 5.26 Å². The molecule has 3 nitrogen and oxygen atoms in total. The van der Waals surface area contributed by atoms with E-state index in [0.717, 1.165) is 0 Å². The van der Waals surface area contributed by atoms with Crippen LogP contribution in [0.1, 0.15) is 0 Å². The summed E-state index contributed by atoms with van der Waals surface area (Å²) in [5.41, 5.74) is 4.94. The molecule has 0 spiro atoms. The summed E-state index contributed by atoms with van der Waals surface area (Å²) in [5, 5.41) is 7.67. The lowest BCUT2D eigenvalue weighted by molar-refractivity contribution is 0.281. The Morgan fingerprint density at radius 2 is 2.50 bits per heavy atom. The van der Waals surface area contributed by atoms with E-state index in [9.17, 15) is 0 Å². The highest BCUT2D eigenvalue weighted by Gasteiger charge is 1.71. The third-order valence-corrected chi connectivity index (χ3v) is 0.284. The minimum absolute atomic E-state index is 0.330. The fourth-order valence-electron chi connectivity index (χ4n) is 0.105. The number of hydrogen-bond acceptors (Lipinski definition) is 3. The Morgan fingerprint density at radius 1 is 1.83 bits per heavy atom. The molecule has 0 atom stereocenters. The molecular formula is C3H6N2O. The first-order valence-electron chi connectivity index (χ1n) is 1.62. The molecule has 6 heavy (non-hydrogen) atoms. The van der Waals surface area contributed by atoms with Crippen LogP contribution in [-0.2, 0) is 4.74 Å². The molecule has 2 N–H and O–H groups in total. The highest BCUT2D eigenvalue weighted by atomic mass is 16.5. The third kappa shape index (κ3) is 3.25. The molecule has 0 saturated carbocycles. The van der Waals surface area contributed by atoms with Crippen molar-refractivity contribution in [1.82, 2.24) is 0 Å². The Balaban J connectivity index is 2.54. The van der Waals surface area contributed by atoms with Crippen LogP contribution in [-0.4, -0.2) is 13.2 Å². The maximum absolute atomic E-state index is 7.67. The quantitative estimate of drug-likeness (QED) is 0.362. The van der Waals surface area contributed by atoms with E-state index in [2.05, 4.69) is 4.74 Å². The maximum Gasteiger partial charge on any atom is 0.286 e. The fraction of sp³-hybridized carbons (Fsp3) is 0.667. The van der Waals surface area contributed by atoms with Crippen molar-refractivity contribution < 1.29 is 4.74 Å². The number of nitrogens with zero attached hydrogens (tertiary/aromatic N) is 1. The molecule has 3 heteroatoms. The largest absolute Gasteiger partial charge is 0.426 e. The summed E-state index contributed by atoms with van der Waals surface area (Å²) in [6.07, 6.45) is 1.49. The zero-order chi connectivity index (χ0) is 4.83. The Kier molecular flexibility index (Phi) is 3.72. The van der Waals surface area contributed by atoms with Gasteiger partial charge in [-0.25, -0.2) is 0 Å².